The fourth-order valence-electron chi connectivity index (χ4n) is 3.03. The number of nitrogens with one attached hydrogen (secondary N) is 2. The van der Waals surface area contributed by atoms with E-state index in [4.69, 9.17) is 16.7 Å². The smallest absolute Gasteiger partial charge is 0.303 e. The fraction of sp³-hybridized carbons (Fsp3) is 0.316. The average molecular weight is 407 g/mol. The van der Waals surface area contributed by atoms with Crippen LogP contribution >= 0.6 is 22.9 Å². The van der Waals surface area contributed by atoms with Crippen LogP contribution in [0.5, 0.6) is 0 Å². The number of carboxylic acids is 1. The molecule has 6 nitrogen and oxygen atoms in total. The summed E-state index contributed by atoms with van der Waals surface area (Å²) >= 11 is 7.28. The number of halogens is 1. The summed E-state index contributed by atoms with van der Waals surface area (Å²) in [6.45, 7) is 0. The van der Waals surface area contributed by atoms with E-state index in [-0.39, 0.29) is 18.7 Å². The number of fused-ring (bicyclic) bond motifs is 1. The van der Waals surface area contributed by atoms with Crippen LogP contribution in [0.4, 0.5) is 10.7 Å². The van der Waals surface area contributed by atoms with Gasteiger partial charge in [-0.25, -0.2) is 0 Å². The van der Waals surface area contributed by atoms with Gasteiger partial charge in [-0.1, -0.05) is 11.6 Å². The number of thiophene rings is 1. The van der Waals surface area contributed by atoms with Crippen molar-refractivity contribution in [1.29, 1.82) is 0 Å². The Bertz CT molecular complexity index is 877. The monoisotopic (exact) mass is 406 g/mol. The quantitative estimate of drug-likeness (QED) is 0.665. The van der Waals surface area contributed by atoms with Crippen LogP contribution in [-0.4, -0.2) is 22.9 Å². The molecule has 1 aliphatic carbocycles. The molecule has 1 aromatic carbocycles. The molecule has 1 heterocycles. The number of carboxylic acid groups (broad SMARTS) is 1. The minimum Gasteiger partial charge on any atom is -0.481 e. The second kappa shape index (κ2) is 8.54. The van der Waals surface area contributed by atoms with Gasteiger partial charge in [-0.05, 0) is 55.5 Å². The maximum Gasteiger partial charge on any atom is 0.303 e. The van der Waals surface area contributed by atoms with Crippen molar-refractivity contribution in [2.75, 3.05) is 10.6 Å². The second-order valence-corrected chi connectivity index (χ2v) is 7.86. The van der Waals surface area contributed by atoms with Crippen LogP contribution in [0.25, 0.3) is 0 Å². The lowest BCUT2D eigenvalue weighted by atomic mass is 9.95. The maximum absolute atomic E-state index is 12.9. The number of carbonyl (C=O) groups is 3. The topological polar surface area (TPSA) is 95.5 Å². The largest absolute Gasteiger partial charge is 0.481 e. The molecule has 0 aliphatic heterocycles. The Labute approximate surface area is 165 Å². The van der Waals surface area contributed by atoms with Crippen LogP contribution in [0, 0.1) is 0 Å². The lowest BCUT2D eigenvalue weighted by Crippen LogP contribution is -2.19. The third-order valence-corrected chi connectivity index (χ3v) is 5.78. The van der Waals surface area contributed by atoms with E-state index in [9.17, 15) is 14.4 Å². The fourth-order valence-corrected chi connectivity index (χ4v) is 4.46. The van der Waals surface area contributed by atoms with Gasteiger partial charge < -0.3 is 15.7 Å². The summed E-state index contributed by atoms with van der Waals surface area (Å²) < 4.78 is 0. The molecule has 8 heteroatoms. The van der Waals surface area contributed by atoms with Crippen molar-refractivity contribution in [2.45, 2.75) is 38.5 Å². The van der Waals surface area contributed by atoms with Crippen LogP contribution in [0.1, 0.15) is 46.5 Å². The molecule has 2 amide bonds. The van der Waals surface area contributed by atoms with E-state index in [1.54, 1.807) is 24.3 Å². The molecular weight excluding hydrogens is 388 g/mol. The van der Waals surface area contributed by atoms with Crippen molar-refractivity contribution < 1.29 is 19.5 Å². The first-order valence-electron chi connectivity index (χ1n) is 8.67. The predicted molar refractivity (Wildman–Crippen MR) is 106 cm³/mol. The van der Waals surface area contributed by atoms with Gasteiger partial charge in [0.25, 0.3) is 5.91 Å². The molecular formula is C19H19ClN2O4S. The molecule has 142 valence electrons. The Morgan fingerprint density at radius 3 is 2.44 bits per heavy atom. The van der Waals surface area contributed by atoms with E-state index in [2.05, 4.69) is 10.6 Å². The molecule has 0 atom stereocenters. The normalized spacial score (nSPS) is 12.9. The summed E-state index contributed by atoms with van der Waals surface area (Å²) in [7, 11) is 0. The van der Waals surface area contributed by atoms with E-state index in [1.165, 1.54) is 11.3 Å². The van der Waals surface area contributed by atoms with Crippen molar-refractivity contribution in [3.63, 3.8) is 0 Å². The van der Waals surface area contributed by atoms with E-state index in [0.717, 1.165) is 36.1 Å². The molecule has 0 fully saturated rings. The Hall–Kier alpha value is -2.38. The Balaban J connectivity index is 1.84. The van der Waals surface area contributed by atoms with Gasteiger partial charge in [-0.2, -0.15) is 0 Å². The van der Waals surface area contributed by atoms with Crippen molar-refractivity contribution in [2.24, 2.45) is 0 Å². The van der Waals surface area contributed by atoms with Crippen LogP contribution in [0.3, 0.4) is 0 Å². The van der Waals surface area contributed by atoms with Crippen LogP contribution < -0.4 is 10.6 Å². The molecule has 0 radical (unpaired) electrons. The highest BCUT2D eigenvalue weighted by Gasteiger charge is 2.26. The minimum absolute atomic E-state index is 0.129. The lowest BCUT2D eigenvalue weighted by molar-refractivity contribution is -0.138. The zero-order chi connectivity index (χ0) is 19.4. The molecule has 27 heavy (non-hydrogen) atoms. The number of rotatable bonds is 6. The molecule has 3 rings (SSSR count). The Kier molecular flexibility index (Phi) is 6.13. The summed E-state index contributed by atoms with van der Waals surface area (Å²) in [5, 5.41) is 15.4. The first-order valence-corrected chi connectivity index (χ1v) is 9.86. The van der Waals surface area contributed by atoms with Gasteiger partial charge in [0.05, 0.1) is 12.0 Å². The summed E-state index contributed by atoms with van der Waals surface area (Å²) in [6.07, 6.45) is 3.35. The lowest BCUT2D eigenvalue weighted by Gasteiger charge is -2.13. The molecule has 1 aromatic heterocycles. The zero-order valence-electron chi connectivity index (χ0n) is 14.5. The summed E-state index contributed by atoms with van der Waals surface area (Å²) in [4.78, 5) is 36.8. The standard InChI is InChI=1S/C19H19ClN2O4S/c20-11-5-7-12(8-6-11)21-18(26)17-13-3-1-2-4-14(13)27-19(17)22-15(23)9-10-16(24)25/h5-8H,1-4,9-10H2,(H,21,26)(H,22,23)(H,24,25). The zero-order valence-corrected chi connectivity index (χ0v) is 16.1. The van der Waals surface area contributed by atoms with Crippen molar-refractivity contribution >= 4 is 51.4 Å². The van der Waals surface area contributed by atoms with Gasteiger partial charge in [0, 0.05) is 22.0 Å². The third-order valence-electron chi connectivity index (χ3n) is 4.32. The number of hydrogen-bond donors (Lipinski definition) is 3. The number of benzene rings is 1. The molecule has 0 unspecified atom stereocenters. The average Bonchev–Trinajstić information content (AvgIpc) is 2.99. The molecule has 3 N–H and O–H groups in total. The number of anilines is 2. The highest BCUT2D eigenvalue weighted by molar-refractivity contribution is 7.17. The van der Waals surface area contributed by atoms with Crippen molar-refractivity contribution in [3.8, 4) is 0 Å². The number of amides is 2. The minimum atomic E-state index is -1.03. The van der Waals surface area contributed by atoms with E-state index in [0.29, 0.717) is 21.3 Å². The summed E-state index contributed by atoms with van der Waals surface area (Å²) in [5.74, 6) is -1.72. The summed E-state index contributed by atoms with van der Waals surface area (Å²) in [6, 6.07) is 6.80. The SMILES string of the molecule is O=C(O)CCC(=O)Nc1sc2c(c1C(=O)Nc1ccc(Cl)cc1)CCCC2. The van der Waals surface area contributed by atoms with Gasteiger partial charge in [-0.3, -0.25) is 14.4 Å². The Morgan fingerprint density at radius 1 is 1.04 bits per heavy atom. The second-order valence-electron chi connectivity index (χ2n) is 6.32. The highest BCUT2D eigenvalue weighted by atomic mass is 35.5. The van der Waals surface area contributed by atoms with Crippen molar-refractivity contribution in [1.82, 2.24) is 0 Å². The van der Waals surface area contributed by atoms with Crippen LogP contribution in [-0.2, 0) is 22.4 Å². The van der Waals surface area contributed by atoms with E-state index < -0.39 is 11.9 Å². The summed E-state index contributed by atoms with van der Waals surface area (Å²) in [5.41, 5.74) is 2.07. The molecule has 0 saturated carbocycles. The molecule has 1 aliphatic rings. The molecule has 0 spiro atoms. The van der Waals surface area contributed by atoms with Gasteiger partial charge in [-0.15, -0.1) is 11.3 Å². The van der Waals surface area contributed by atoms with E-state index in [1.807, 2.05) is 0 Å². The molecule has 0 saturated heterocycles. The Morgan fingerprint density at radius 2 is 1.74 bits per heavy atom. The third kappa shape index (κ3) is 4.87. The van der Waals surface area contributed by atoms with Crippen LogP contribution in [0.15, 0.2) is 24.3 Å². The van der Waals surface area contributed by atoms with Gasteiger partial charge in [0.15, 0.2) is 0 Å². The highest BCUT2D eigenvalue weighted by Crippen LogP contribution is 2.38. The number of hydrogen-bond acceptors (Lipinski definition) is 4. The first kappa shape index (κ1) is 19.4. The van der Waals surface area contributed by atoms with Crippen molar-refractivity contribution in [3.05, 3.63) is 45.3 Å². The van der Waals surface area contributed by atoms with E-state index >= 15 is 0 Å². The number of carbonyl (C=O) groups excluding carboxylic acids is 2. The number of aryl methyl sites for hydroxylation is 1. The van der Waals surface area contributed by atoms with Gasteiger partial charge >= 0.3 is 5.97 Å². The molecule has 0 bridgehead atoms. The maximum atomic E-state index is 12.9. The predicted octanol–water partition coefficient (Wildman–Crippen LogP) is 4.34. The van der Waals surface area contributed by atoms with Crippen LogP contribution in [0.2, 0.25) is 5.02 Å². The van der Waals surface area contributed by atoms with Gasteiger partial charge in [0.1, 0.15) is 5.00 Å². The van der Waals surface area contributed by atoms with Gasteiger partial charge in [0.2, 0.25) is 5.91 Å². The molecule has 2 aromatic rings. The number of aliphatic carboxylic acids is 1. The first-order chi connectivity index (χ1) is 12.9.